The molecule has 0 heterocycles. The molecule has 0 aliphatic heterocycles. The third kappa shape index (κ3) is 6.66. The number of esters is 1. The van der Waals surface area contributed by atoms with Gasteiger partial charge in [-0.15, -0.1) is 0 Å². The van der Waals surface area contributed by atoms with Crippen LogP contribution in [0.4, 0.5) is 5.69 Å². The normalized spacial score (nSPS) is 10.4. The zero-order valence-corrected chi connectivity index (χ0v) is 17.9. The van der Waals surface area contributed by atoms with Crippen molar-refractivity contribution in [2.45, 2.75) is 0 Å². The first kappa shape index (κ1) is 23.0. The molecule has 3 aromatic carbocycles. The van der Waals surface area contributed by atoms with Crippen molar-refractivity contribution in [1.29, 1.82) is 0 Å². The van der Waals surface area contributed by atoms with E-state index in [2.05, 4.69) is 15.8 Å². The Hall–Kier alpha value is -4.66. The van der Waals surface area contributed by atoms with E-state index in [1.165, 1.54) is 20.4 Å². The monoisotopic (exact) mass is 447 g/mol. The van der Waals surface area contributed by atoms with Crippen LogP contribution in [0.2, 0.25) is 0 Å². The molecule has 0 aliphatic carbocycles. The molecule has 33 heavy (non-hydrogen) atoms. The number of amides is 2. The minimum atomic E-state index is -0.941. The highest BCUT2D eigenvalue weighted by Crippen LogP contribution is 2.17. The number of rotatable bonds is 7. The van der Waals surface area contributed by atoms with Crippen molar-refractivity contribution in [3.8, 4) is 17.2 Å². The van der Waals surface area contributed by atoms with Gasteiger partial charge in [0.25, 0.3) is 0 Å². The number of nitrogens with one attached hydrogen (secondary N) is 2. The van der Waals surface area contributed by atoms with Crippen LogP contribution in [0.25, 0.3) is 0 Å². The molecule has 0 fully saturated rings. The van der Waals surface area contributed by atoms with Crippen LogP contribution in [0.15, 0.2) is 77.9 Å². The lowest BCUT2D eigenvalue weighted by atomic mass is 10.2. The Kier molecular flexibility index (Phi) is 7.74. The van der Waals surface area contributed by atoms with Gasteiger partial charge in [-0.1, -0.05) is 12.1 Å². The smallest absolute Gasteiger partial charge is 0.343 e. The summed E-state index contributed by atoms with van der Waals surface area (Å²) in [5.41, 5.74) is 3.49. The minimum Gasteiger partial charge on any atom is -0.497 e. The molecule has 0 aromatic heterocycles. The number of hydrogen-bond acceptors (Lipinski definition) is 7. The molecule has 9 nitrogen and oxygen atoms in total. The number of benzene rings is 3. The zero-order chi connectivity index (χ0) is 23.6. The van der Waals surface area contributed by atoms with E-state index in [0.29, 0.717) is 34.1 Å². The van der Waals surface area contributed by atoms with E-state index < -0.39 is 17.8 Å². The first-order valence-electron chi connectivity index (χ1n) is 9.73. The van der Waals surface area contributed by atoms with Gasteiger partial charge in [0.1, 0.15) is 17.2 Å². The highest BCUT2D eigenvalue weighted by Gasteiger charge is 2.13. The van der Waals surface area contributed by atoms with Crippen molar-refractivity contribution < 1.29 is 28.6 Å². The van der Waals surface area contributed by atoms with Gasteiger partial charge in [0, 0.05) is 5.69 Å². The molecule has 2 N–H and O–H groups in total. The molecule has 0 aliphatic rings. The second kappa shape index (κ2) is 11.1. The summed E-state index contributed by atoms with van der Waals surface area (Å²) in [5.74, 6) is -0.800. The van der Waals surface area contributed by atoms with Crippen LogP contribution in [-0.4, -0.2) is 38.2 Å². The van der Waals surface area contributed by atoms with E-state index in [1.807, 2.05) is 0 Å². The number of carbonyl (C=O) groups is 3. The molecular weight excluding hydrogens is 426 g/mol. The van der Waals surface area contributed by atoms with Crippen LogP contribution >= 0.6 is 0 Å². The van der Waals surface area contributed by atoms with Crippen molar-refractivity contribution in [2.75, 3.05) is 19.5 Å². The van der Waals surface area contributed by atoms with Crippen molar-refractivity contribution in [3.63, 3.8) is 0 Å². The molecule has 0 saturated heterocycles. The van der Waals surface area contributed by atoms with E-state index in [4.69, 9.17) is 14.2 Å². The number of nitrogens with zero attached hydrogens (tertiary/aromatic N) is 1. The van der Waals surface area contributed by atoms with Gasteiger partial charge >= 0.3 is 17.8 Å². The second-order valence-corrected chi connectivity index (χ2v) is 6.57. The highest BCUT2D eigenvalue weighted by molar-refractivity contribution is 6.39. The van der Waals surface area contributed by atoms with Crippen LogP contribution < -0.4 is 25.0 Å². The lowest BCUT2D eigenvalue weighted by molar-refractivity contribution is -0.136. The van der Waals surface area contributed by atoms with Gasteiger partial charge in [-0.05, 0) is 66.2 Å². The first-order valence-corrected chi connectivity index (χ1v) is 9.73. The van der Waals surface area contributed by atoms with E-state index in [9.17, 15) is 14.4 Å². The van der Waals surface area contributed by atoms with E-state index in [1.54, 1.807) is 72.8 Å². The summed E-state index contributed by atoms with van der Waals surface area (Å²) >= 11 is 0. The number of hydrazone groups is 1. The summed E-state index contributed by atoms with van der Waals surface area (Å²) in [5, 5.41) is 6.22. The summed E-state index contributed by atoms with van der Waals surface area (Å²) < 4.78 is 15.5. The van der Waals surface area contributed by atoms with Crippen LogP contribution in [-0.2, 0) is 9.59 Å². The summed E-state index contributed by atoms with van der Waals surface area (Å²) in [4.78, 5) is 36.2. The number of methoxy groups -OCH3 is 2. The Labute approximate surface area is 190 Å². The molecule has 0 unspecified atom stereocenters. The van der Waals surface area contributed by atoms with Crippen molar-refractivity contribution in [3.05, 3.63) is 83.9 Å². The molecule has 2 amide bonds. The van der Waals surface area contributed by atoms with Gasteiger partial charge in [0.05, 0.1) is 26.0 Å². The van der Waals surface area contributed by atoms with E-state index >= 15 is 0 Å². The molecule has 3 aromatic rings. The van der Waals surface area contributed by atoms with Gasteiger partial charge in [0.2, 0.25) is 0 Å². The SMILES string of the molecule is COc1ccc(NC(=O)C(=O)N/N=C\c2cccc(OC(=O)c3ccc(OC)cc3)c2)cc1. The van der Waals surface area contributed by atoms with Gasteiger partial charge < -0.3 is 19.5 Å². The van der Waals surface area contributed by atoms with Crippen LogP contribution in [0.1, 0.15) is 15.9 Å². The second-order valence-electron chi connectivity index (χ2n) is 6.57. The van der Waals surface area contributed by atoms with Gasteiger partial charge in [0.15, 0.2) is 0 Å². The van der Waals surface area contributed by atoms with Gasteiger partial charge in [-0.3, -0.25) is 9.59 Å². The fourth-order valence-corrected chi connectivity index (χ4v) is 2.63. The molecule has 0 radical (unpaired) electrons. The fraction of sp³-hybridized carbons (Fsp3) is 0.0833. The standard InChI is InChI=1S/C24H21N3O6/c1-31-19-10-6-17(7-11-19)24(30)33-21-5-3-4-16(14-21)15-25-27-23(29)22(28)26-18-8-12-20(32-2)13-9-18/h3-15H,1-2H3,(H,26,28)(H,27,29)/b25-15-. The number of ether oxygens (including phenoxy) is 3. The minimum absolute atomic E-state index is 0.295. The Morgan fingerprint density at radius 3 is 2.06 bits per heavy atom. The molecule has 168 valence electrons. The van der Waals surface area contributed by atoms with Crippen LogP contribution in [0, 0.1) is 0 Å². The summed E-state index contributed by atoms with van der Waals surface area (Å²) in [6.45, 7) is 0. The largest absolute Gasteiger partial charge is 0.497 e. The summed E-state index contributed by atoms with van der Waals surface area (Å²) in [6, 6.07) is 19.6. The maximum atomic E-state index is 12.3. The molecular formula is C24H21N3O6. The lowest BCUT2D eigenvalue weighted by Gasteiger charge is -2.06. The molecule has 0 atom stereocenters. The quantitative estimate of drug-likeness (QED) is 0.189. The van der Waals surface area contributed by atoms with Gasteiger partial charge in [-0.2, -0.15) is 5.10 Å². The fourth-order valence-electron chi connectivity index (χ4n) is 2.63. The Morgan fingerprint density at radius 2 is 1.42 bits per heavy atom. The van der Waals surface area contributed by atoms with Crippen LogP contribution in [0.3, 0.4) is 0 Å². The molecule has 9 heteroatoms. The van der Waals surface area contributed by atoms with Crippen LogP contribution in [0.5, 0.6) is 17.2 Å². The molecule has 0 saturated carbocycles. The molecule has 0 spiro atoms. The van der Waals surface area contributed by atoms with E-state index in [0.717, 1.165) is 0 Å². The summed E-state index contributed by atoms with van der Waals surface area (Å²) in [6.07, 6.45) is 1.32. The third-order valence-corrected chi connectivity index (χ3v) is 4.33. The van der Waals surface area contributed by atoms with Crippen molar-refractivity contribution in [1.82, 2.24) is 5.43 Å². The van der Waals surface area contributed by atoms with Crippen molar-refractivity contribution >= 4 is 29.7 Å². The number of hydrogen-bond donors (Lipinski definition) is 2. The van der Waals surface area contributed by atoms with Crippen molar-refractivity contribution in [2.24, 2.45) is 5.10 Å². The summed E-state index contributed by atoms with van der Waals surface area (Å²) in [7, 11) is 3.07. The van der Waals surface area contributed by atoms with E-state index in [-0.39, 0.29) is 0 Å². The maximum Gasteiger partial charge on any atom is 0.343 e. The van der Waals surface area contributed by atoms with Gasteiger partial charge in [-0.25, -0.2) is 10.2 Å². The highest BCUT2D eigenvalue weighted by atomic mass is 16.5. The first-order chi connectivity index (χ1) is 16.0. The number of carbonyl (C=O) groups excluding carboxylic acids is 3. The Morgan fingerprint density at radius 1 is 0.788 bits per heavy atom. The number of anilines is 1. The topological polar surface area (TPSA) is 115 Å². The average Bonchev–Trinajstić information content (AvgIpc) is 2.84. The predicted molar refractivity (Wildman–Crippen MR) is 122 cm³/mol. The lowest BCUT2D eigenvalue weighted by Crippen LogP contribution is -2.32. The molecule has 0 bridgehead atoms. The third-order valence-electron chi connectivity index (χ3n) is 4.33. The maximum absolute atomic E-state index is 12.3. The average molecular weight is 447 g/mol. The zero-order valence-electron chi connectivity index (χ0n) is 17.9. The Balaban J connectivity index is 1.54. The predicted octanol–water partition coefficient (Wildman–Crippen LogP) is 3.01. The Bertz CT molecular complexity index is 1160. The molecule has 3 rings (SSSR count).